The highest BCUT2D eigenvalue weighted by Crippen LogP contribution is 2.22. The van der Waals surface area contributed by atoms with Crippen molar-refractivity contribution in [1.29, 1.82) is 0 Å². The molecule has 0 amide bonds. The van der Waals surface area contributed by atoms with E-state index in [9.17, 15) is 8.42 Å². The molecule has 4 nitrogen and oxygen atoms in total. The molecular formula is C15H20N2O2S2. The average molecular weight is 324 g/mol. The van der Waals surface area contributed by atoms with E-state index in [2.05, 4.69) is 10.0 Å². The van der Waals surface area contributed by atoms with Gasteiger partial charge in [-0.2, -0.15) is 11.3 Å². The van der Waals surface area contributed by atoms with Gasteiger partial charge in [0.25, 0.3) is 0 Å². The molecule has 1 atom stereocenters. The van der Waals surface area contributed by atoms with Gasteiger partial charge in [0, 0.05) is 12.6 Å². The molecule has 2 aromatic rings. The molecule has 0 aliphatic carbocycles. The molecule has 2 N–H and O–H groups in total. The van der Waals surface area contributed by atoms with Crippen LogP contribution >= 0.6 is 11.3 Å². The molecular weight excluding hydrogens is 304 g/mol. The SMILES string of the molecule is CNCc1ccc(C)c(S(=O)(=O)NC(C)c2ccsc2)c1. The van der Waals surface area contributed by atoms with E-state index in [1.165, 1.54) is 0 Å². The van der Waals surface area contributed by atoms with Gasteiger partial charge in [-0.1, -0.05) is 12.1 Å². The quantitative estimate of drug-likeness (QED) is 0.859. The first kappa shape index (κ1) is 16.2. The largest absolute Gasteiger partial charge is 0.316 e. The van der Waals surface area contributed by atoms with Gasteiger partial charge in [-0.05, 0) is 60.5 Å². The second-order valence-electron chi connectivity index (χ2n) is 5.03. The fourth-order valence-corrected chi connectivity index (χ4v) is 4.41. The molecule has 1 aromatic carbocycles. The van der Waals surface area contributed by atoms with E-state index in [4.69, 9.17) is 0 Å². The van der Waals surface area contributed by atoms with Crippen LogP contribution in [-0.2, 0) is 16.6 Å². The number of thiophene rings is 1. The summed E-state index contributed by atoms with van der Waals surface area (Å²) in [5, 5.41) is 6.93. The Morgan fingerprint density at radius 2 is 2.05 bits per heavy atom. The lowest BCUT2D eigenvalue weighted by Crippen LogP contribution is -2.27. The molecule has 0 spiro atoms. The van der Waals surface area contributed by atoms with Gasteiger partial charge < -0.3 is 5.32 Å². The summed E-state index contributed by atoms with van der Waals surface area (Å²) in [6, 6.07) is 7.20. The molecule has 1 heterocycles. The molecule has 0 aliphatic heterocycles. The second kappa shape index (κ2) is 6.70. The van der Waals surface area contributed by atoms with Gasteiger partial charge >= 0.3 is 0 Å². The first-order valence-electron chi connectivity index (χ1n) is 6.72. The zero-order valence-electron chi connectivity index (χ0n) is 12.4. The van der Waals surface area contributed by atoms with Crippen LogP contribution in [0.15, 0.2) is 39.9 Å². The molecule has 114 valence electrons. The number of hydrogen-bond donors (Lipinski definition) is 2. The number of aryl methyl sites for hydroxylation is 1. The van der Waals surface area contributed by atoms with E-state index in [-0.39, 0.29) is 6.04 Å². The van der Waals surface area contributed by atoms with Crippen LogP contribution in [0, 0.1) is 6.92 Å². The van der Waals surface area contributed by atoms with Crippen molar-refractivity contribution in [2.24, 2.45) is 0 Å². The standard InChI is InChI=1S/C15H20N2O2S2/c1-11-4-5-13(9-16-3)8-15(11)21(18,19)17-12(2)14-6-7-20-10-14/h4-8,10,12,16-17H,9H2,1-3H3. The van der Waals surface area contributed by atoms with Crippen LogP contribution in [0.2, 0.25) is 0 Å². The maximum absolute atomic E-state index is 12.6. The minimum atomic E-state index is -3.53. The first-order chi connectivity index (χ1) is 9.94. The van der Waals surface area contributed by atoms with E-state index in [0.29, 0.717) is 11.4 Å². The number of hydrogen-bond acceptors (Lipinski definition) is 4. The second-order valence-corrected chi connectivity index (χ2v) is 7.49. The summed E-state index contributed by atoms with van der Waals surface area (Å²) < 4.78 is 27.9. The molecule has 2 rings (SSSR count). The summed E-state index contributed by atoms with van der Waals surface area (Å²) in [4.78, 5) is 0.345. The molecule has 0 bridgehead atoms. The van der Waals surface area contributed by atoms with Crippen molar-refractivity contribution in [3.63, 3.8) is 0 Å². The maximum atomic E-state index is 12.6. The Labute approximate surface area is 130 Å². The van der Waals surface area contributed by atoms with Crippen LogP contribution < -0.4 is 10.0 Å². The Balaban J connectivity index is 2.28. The Hall–Kier alpha value is -1.21. The van der Waals surface area contributed by atoms with Gasteiger partial charge in [0.1, 0.15) is 0 Å². The van der Waals surface area contributed by atoms with Crippen molar-refractivity contribution in [3.8, 4) is 0 Å². The van der Waals surface area contributed by atoms with E-state index in [1.807, 2.05) is 49.9 Å². The fraction of sp³-hybridized carbons (Fsp3) is 0.333. The van der Waals surface area contributed by atoms with Gasteiger partial charge in [-0.15, -0.1) is 0 Å². The predicted molar refractivity (Wildman–Crippen MR) is 87.0 cm³/mol. The molecule has 0 aliphatic rings. The summed E-state index contributed by atoms with van der Waals surface area (Å²) >= 11 is 1.56. The third kappa shape index (κ3) is 3.91. The highest BCUT2D eigenvalue weighted by atomic mass is 32.2. The van der Waals surface area contributed by atoms with Crippen molar-refractivity contribution in [1.82, 2.24) is 10.0 Å². The summed E-state index contributed by atoms with van der Waals surface area (Å²) in [6.45, 7) is 4.31. The van der Waals surface area contributed by atoms with Gasteiger partial charge in [0.15, 0.2) is 0 Å². The topological polar surface area (TPSA) is 58.2 Å². The van der Waals surface area contributed by atoms with E-state index >= 15 is 0 Å². The Morgan fingerprint density at radius 1 is 1.29 bits per heavy atom. The number of benzene rings is 1. The van der Waals surface area contributed by atoms with Crippen LogP contribution in [-0.4, -0.2) is 15.5 Å². The minimum Gasteiger partial charge on any atom is -0.316 e. The smallest absolute Gasteiger partial charge is 0.241 e. The molecule has 0 saturated heterocycles. The highest BCUT2D eigenvalue weighted by molar-refractivity contribution is 7.89. The number of sulfonamides is 1. The Kier molecular flexibility index (Phi) is 5.16. The summed E-state index contributed by atoms with van der Waals surface area (Å²) in [5.74, 6) is 0. The van der Waals surface area contributed by atoms with Gasteiger partial charge in [0.2, 0.25) is 10.0 Å². The molecule has 1 aromatic heterocycles. The predicted octanol–water partition coefficient (Wildman–Crippen LogP) is 2.82. The van der Waals surface area contributed by atoms with Crippen LogP contribution in [0.25, 0.3) is 0 Å². The third-order valence-electron chi connectivity index (χ3n) is 3.30. The molecule has 0 radical (unpaired) electrons. The van der Waals surface area contributed by atoms with Crippen molar-refractivity contribution in [2.45, 2.75) is 31.3 Å². The lowest BCUT2D eigenvalue weighted by Gasteiger charge is -2.15. The van der Waals surface area contributed by atoms with E-state index in [1.54, 1.807) is 17.4 Å². The number of nitrogens with one attached hydrogen (secondary N) is 2. The average Bonchev–Trinajstić information content (AvgIpc) is 2.94. The maximum Gasteiger partial charge on any atom is 0.241 e. The van der Waals surface area contributed by atoms with E-state index < -0.39 is 10.0 Å². The normalized spacial score (nSPS) is 13.3. The van der Waals surface area contributed by atoms with Crippen LogP contribution in [0.3, 0.4) is 0 Å². The molecule has 0 fully saturated rings. The van der Waals surface area contributed by atoms with Gasteiger partial charge in [0.05, 0.1) is 4.90 Å². The summed E-state index contributed by atoms with van der Waals surface area (Å²) in [6.07, 6.45) is 0. The fourth-order valence-electron chi connectivity index (χ4n) is 2.13. The van der Waals surface area contributed by atoms with Crippen molar-refractivity contribution < 1.29 is 8.42 Å². The zero-order valence-corrected chi connectivity index (χ0v) is 14.0. The van der Waals surface area contributed by atoms with E-state index in [0.717, 1.165) is 16.7 Å². The highest BCUT2D eigenvalue weighted by Gasteiger charge is 2.20. The lowest BCUT2D eigenvalue weighted by molar-refractivity contribution is 0.566. The number of rotatable bonds is 6. The molecule has 1 unspecified atom stereocenters. The minimum absolute atomic E-state index is 0.242. The first-order valence-corrected chi connectivity index (χ1v) is 9.15. The summed E-state index contributed by atoms with van der Waals surface area (Å²) in [7, 11) is -1.69. The Bertz CT molecular complexity index is 694. The van der Waals surface area contributed by atoms with Crippen LogP contribution in [0.1, 0.15) is 29.7 Å². The monoisotopic (exact) mass is 324 g/mol. The summed E-state index contributed by atoms with van der Waals surface area (Å²) in [5.41, 5.74) is 2.68. The molecule has 6 heteroatoms. The Morgan fingerprint density at radius 3 is 2.67 bits per heavy atom. The van der Waals surface area contributed by atoms with Crippen LogP contribution in [0.5, 0.6) is 0 Å². The van der Waals surface area contributed by atoms with Crippen molar-refractivity contribution >= 4 is 21.4 Å². The third-order valence-corrected chi connectivity index (χ3v) is 5.68. The van der Waals surface area contributed by atoms with Crippen molar-refractivity contribution in [3.05, 3.63) is 51.7 Å². The molecule has 0 saturated carbocycles. The zero-order chi connectivity index (χ0) is 15.5. The van der Waals surface area contributed by atoms with Crippen LogP contribution in [0.4, 0.5) is 0 Å². The van der Waals surface area contributed by atoms with Gasteiger partial charge in [-0.25, -0.2) is 13.1 Å². The molecule has 21 heavy (non-hydrogen) atoms. The van der Waals surface area contributed by atoms with Crippen molar-refractivity contribution in [2.75, 3.05) is 7.05 Å². The van der Waals surface area contributed by atoms with Gasteiger partial charge in [-0.3, -0.25) is 0 Å². The lowest BCUT2D eigenvalue weighted by atomic mass is 10.1.